The summed E-state index contributed by atoms with van der Waals surface area (Å²) in [5, 5.41) is 11.4. The van der Waals surface area contributed by atoms with Crippen LogP contribution in [0.25, 0.3) is 0 Å². The van der Waals surface area contributed by atoms with E-state index in [4.69, 9.17) is 5.11 Å². The van der Waals surface area contributed by atoms with E-state index in [-0.39, 0.29) is 17.4 Å². The fourth-order valence-corrected chi connectivity index (χ4v) is 1.53. The number of nitrogens with zero attached hydrogens (tertiary/aromatic N) is 2. The third kappa shape index (κ3) is 2.92. The molecule has 2 heterocycles. The summed E-state index contributed by atoms with van der Waals surface area (Å²) in [5.74, 6) is -1.33. The number of carbonyl (C=O) groups is 2. The predicted octanol–water partition coefficient (Wildman–Crippen LogP) is 1.74. The van der Waals surface area contributed by atoms with Crippen LogP contribution in [0.1, 0.15) is 26.5 Å². The summed E-state index contributed by atoms with van der Waals surface area (Å²) in [6.45, 7) is 1.72. The van der Waals surface area contributed by atoms with Crippen LogP contribution in [0.15, 0.2) is 36.5 Å². The molecule has 0 aliphatic carbocycles. The number of hydrogen-bond acceptors (Lipinski definition) is 4. The lowest BCUT2D eigenvalue weighted by Crippen LogP contribution is -2.15. The average molecular weight is 257 g/mol. The number of carbonyl (C=O) groups excluding carboxylic acids is 1. The molecule has 0 bridgehead atoms. The number of aryl methyl sites for hydroxylation is 1. The molecular weight excluding hydrogens is 246 g/mol. The van der Waals surface area contributed by atoms with Gasteiger partial charge in [-0.2, -0.15) is 0 Å². The second kappa shape index (κ2) is 5.26. The molecule has 96 valence electrons. The number of carboxylic acid groups (broad SMARTS) is 1. The van der Waals surface area contributed by atoms with Crippen molar-refractivity contribution in [3.05, 3.63) is 53.5 Å². The number of carboxylic acids is 1. The van der Waals surface area contributed by atoms with Gasteiger partial charge in [0.05, 0.1) is 5.56 Å². The molecule has 1 amide bonds. The van der Waals surface area contributed by atoms with E-state index in [1.54, 1.807) is 25.3 Å². The smallest absolute Gasteiger partial charge is 0.354 e. The molecule has 6 heteroatoms. The molecule has 2 rings (SSSR count). The Morgan fingerprint density at radius 2 is 2.00 bits per heavy atom. The van der Waals surface area contributed by atoms with Crippen molar-refractivity contribution in [1.82, 2.24) is 9.97 Å². The van der Waals surface area contributed by atoms with Crippen molar-refractivity contribution in [2.75, 3.05) is 5.32 Å². The Kier molecular flexibility index (Phi) is 3.51. The Bertz CT molecular complexity index is 641. The van der Waals surface area contributed by atoms with Crippen LogP contribution in [0.5, 0.6) is 0 Å². The minimum atomic E-state index is -1.14. The molecule has 0 aliphatic rings. The topological polar surface area (TPSA) is 92.2 Å². The van der Waals surface area contributed by atoms with Crippen LogP contribution >= 0.6 is 0 Å². The maximum atomic E-state index is 12.0. The molecule has 0 aromatic carbocycles. The molecule has 0 unspecified atom stereocenters. The van der Waals surface area contributed by atoms with Crippen LogP contribution in [-0.2, 0) is 0 Å². The molecule has 2 aromatic heterocycles. The van der Waals surface area contributed by atoms with Crippen molar-refractivity contribution in [1.29, 1.82) is 0 Å². The SMILES string of the molecule is Cc1ncccc1C(=O)Nc1cccc(C(=O)O)n1. The van der Waals surface area contributed by atoms with Crippen LogP contribution in [0.4, 0.5) is 5.82 Å². The van der Waals surface area contributed by atoms with Gasteiger partial charge in [-0.05, 0) is 31.2 Å². The Hall–Kier alpha value is -2.76. The summed E-state index contributed by atoms with van der Waals surface area (Å²) in [6, 6.07) is 7.69. The van der Waals surface area contributed by atoms with Gasteiger partial charge in [0.2, 0.25) is 0 Å². The van der Waals surface area contributed by atoms with Gasteiger partial charge in [-0.1, -0.05) is 6.07 Å². The highest BCUT2D eigenvalue weighted by Gasteiger charge is 2.11. The van der Waals surface area contributed by atoms with Crippen LogP contribution < -0.4 is 5.32 Å². The van der Waals surface area contributed by atoms with E-state index < -0.39 is 5.97 Å². The first kappa shape index (κ1) is 12.7. The van der Waals surface area contributed by atoms with Gasteiger partial charge in [0.15, 0.2) is 5.69 Å². The molecule has 2 N–H and O–H groups in total. The monoisotopic (exact) mass is 257 g/mol. The summed E-state index contributed by atoms with van der Waals surface area (Å²) in [7, 11) is 0. The lowest BCUT2D eigenvalue weighted by Gasteiger charge is -2.06. The minimum Gasteiger partial charge on any atom is -0.477 e. The van der Waals surface area contributed by atoms with E-state index in [2.05, 4.69) is 15.3 Å². The molecule has 0 saturated heterocycles. The Labute approximate surface area is 109 Å². The van der Waals surface area contributed by atoms with E-state index >= 15 is 0 Å². The Balaban J connectivity index is 2.22. The quantitative estimate of drug-likeness (QED) is 0.873. The van der Waals surface area contributed by atoms with Gasteiger partial charge in [0.25, 0.3) is 5.91 Å². The zero-order valence-electron chi connectivity index (χ0n) is 10.1. The van der Waals surface area contributed by atoms with Gasteiger partial charge in [0.1, 0.15) is 5.82 Å². The lowest BCUT2D eigenvalue weighted by atomic mass is 10.2. The van der Waals surface area contributed by atoms with E-state index in [1.807, 2.05) is 0 Å². The van der Waals surface area contributed by atoms with E-state index in [9.17, 15) is 9.59 Å². The number of nitrogens with one attached hydrogen (secondary N) is 1. The van der Waals surface area contributed by atoms with Crippen molar-refractivity contribution >= 4 is 17.7 Å². The molecule has 6 nitrogen and oxygen atoms in total. The van der Waals surface area contributed by atoms with E-state index in [1.165, 1.54) is 18.2 Å². The van der Waals surface area contributed by atoms with Crippen molar-refractivity contribution in [3.63, 3.8) is 0 Å². The molecule has 0 fully saturated rings. The maximum absolute atomic E-state index is 12.0. The highest BCUT2D eigenvalue weighted by atomic mass is 16.4. The second-order valence-corrected chi connectivity index (χ2v) is 3.80. The van der Waals surface area contributed by atoms with E-state index in [0.717, 1.165) is 0 Å². The summed E-state index contributed by atoms with van der Waals surface area (Å²) in [5.41, 5.74) is 0.889. The fraction of sp³-hybridized carbons (Fsp3) is 0.0769. The largest absolute Gasteiger partial charge is 0.477 e. The molecule has 2 aromatic rings. The zero-order valence-corrected chi connectivity index (χ0v) is 10.1. The fourth-order valence-electron chi connectivity index (χ4n) is 1.53. The van der Waals surface area contributed by atoms with Gasteiger partial charge < -0.3 is 10.4 Å². The first-order valence-electron chi connectivity index (χ1n) is 5.51. The maximum Gasteiger partial charge on any atom is 0.354 e. The van der Waals surface area contributed by atoms with Crippen LogP contribution in [0.2, 0.25) is 0 Å². The standard InChI is InChI=1S/C13H11N3O3/c1-8-9(4-3-7-14-8)12(17)16-11-6-2-5-10(15-11)13(18)19/h2-7H,1H3,(H,18,19)(H,15,16,17). The van der Waals surface area contributed by atoms with Gasteiger partial charge in [-0.3, -0.25) is 9.78 Å². The zero-order chi connectivity index (χ0) is 13.8. The third-order valence-corrected chi connectivity index (χ3v) is 2.46. The van der Waals surface area contributed by atoms with Crippen LogP contribution in [0, 0.1) is 6.92 Å². The number of rotatable bonds is 3. The molecular formula is C13H11N3O3. The van der Waals surface area contributed by atoms with Crippen molar-refractivity contribution in [2.45, 2.75) is 6.92 Å². The normalized spacial score (nSPS) is 9.95. The molecule has 0 aliphatic heterocycles. The first-order chi connectivity index (χ1) is 9.08. The van der Waals surface area contributed by atoms with E-state index in [0.29, 0.717) is 11.3 Å². The molecule has 0 radical (unpaired) electrons. The highest BCUT2D eigenvalue weighted by molar-refractivity contribution is 6.04. The summed E-state index contributed by atoms with van der Waals surface area (Å²) >= 11 is 0. The number of aromatic nitrogens is 2. The van der Waals surface area contributed by atoms with Crippen molar-refractivity contribution in [3.8, 4) is 0 Å². The Morgan fingerprint density at radius 1 is 1.21 bits per heavy atom. The molecule has 0 spiro atoms. The summed E-state index contributed by atoms with van der Waals surface area (Å²) < 4.78 is 0. The summed E-state index contributed by atoms with van der Waals surface area (Å²) in [6.07, 6.45) is 1.59. The number of amides is 1. The van der Waals surface area contributed by atoms with Gasteiger partial charge in [-0.15, -0.1) is 0 Å². The van der Waals surface area contributed by atoms with Crippen LogP contribution in [-0.4, -0.2) is 27.0 Å². The van der Waals surface area contributed by atoms with Crippen LogP contribution in [0.3, 0.4) is 0 Å². The number of anilines is 1. The third-order valence-electron chi connectivity index (χ3n) is 2.46. The van der Waals surface area contributed by atoms with Gasteiger partial charge in [0, 0.05) is 11.9 Å². The minimum absolute atomic E-state index is 0.124. The Morgan fingerprint density at radius 3 is 2.68 bits per heavy atom. The number of pyridine rings is 2. The second-order valence-electron chi connectivity index (χ2n) is 3.80. The van der Waals surface area contributed by atoms with Gasteiger partial charge in [-0.25, -0.2) is 9.78 Å². The predicted molar refractivity (Wildman–Crippen MR) is 68.1 cm³/mol. The first-order valence-corrected chi connectivity index (χ1v) is 5.51. The number of hydrogen-bond donors (Lipinski definition) is 2. The van der Waals surface area contributed by atoms with Gasteiger partial charge >= 0.3 is 5.97 Å². The highest BCUT2D eigenvalue weighted by Crippen LogP contribution is 2.09. The summed E-state index contributed by atoms with van der Waals surface area (Å²) in [4.78, 5) is 30.6. The van der Waals surface area contributed by atoms with Crippen molar-refractivity contribution in [2.24, 2.45) is 0 Å². The number of aromatic carboxylic acids is 1. The molecule has 0 atom stereocenters. The molecule has 0 saturated carbocycles. The molecule has 19 heavy (non-hydrogen) atoms. The average Bonchev–Trinajstić information content (AvgIpc) is 2.39. The van der Waals surface area contributed by atoms with Crippen molar-refractivity contribution < 1.29 is 14.7 Å². The lowest BCUT2D eigenvalue weighted by molar-refractivity contribution is 0.0690.